The SMILES string of the molecule is CCC(C)CN(CC)C(=O)c1ccc(C)c(O)c1. The Morgan fingerprint density at radius 2 is 2.06 bits per heavy atom. The summed E-state index contributed by atoms with van der Waals surface area (Å²) >= 11 is 0. The van der Waals surface area contributed by atoms with Crippen molar-refractivity contribution in [2.45, 2.75) is 34.1 Å². The van der Waals surface area contributed by atoms with E-state index in [1.165, 1.54) is 0 Å². The van der Waals surface area contributed by atoms with Crippen LogP contribution in [0.4, 0.5) is 0 Å². The van der Waals surface area contributed by atoms with Crippen LogP contribution in [0.1, 0.15) is 43.1 Å². The number of phenolic OH excluding ortho intramolecular Hbond substituents is 1. The summed E-state index contributed by atoms with van der Waals surface area (Å²) in [7, 11) is 0. The zero-order chi connectivity index (χ0) is 13.7. The quantitative estimate of drug-likeness (QED) is 0.870. The molecule has 1 aromatic carbocycles. The van der Waals surface area contributed by atoms with Crippen molar-refractivity contribution >= 4 is 5.91 Å². The van der Waals surface area contributed by atoms with Crippen molar-refractivity contribution in [1.82, 2.24) is 4.90 Å². The molecule has 1 aromatic rings. The Labute approximate surface area is 109 Å². The third-order valence-electron chi connectivity index (χ3n) is 3.35. The molecule has 0 radical (unpaired) electrons. The number of hydrogen-bond acceptors (Lipinski definition) is 2. The Bertz CT molecular complexity index is 415. The molecule has 0 saturated heterocycles. The Kier molecular flexibility index (Phi) is 5.20. The maximum absolute atomic E-state index is 12.3. The summed E-state index contributed by atoms with van der Waals surface area (Å²) in [4.78, 5) is 14.1. The van der Waals surface area contributed by atoms with E-state index in [0.29, 0.717) is 18.0 Å². The van der Waals surface area contributed by atoms with Crippen LogP contribution in [0.5, 0.6) is 5.75 Å². The van der Waals surface area contributed by atoms with Crippen molar-refractivity contribution in [3.63, 3.8) is 0 Å². The Hall–Kier alpha value is -1.51. The topological polar surface area (TPSA) is 40.5 Å². The second-order valence-electron chi connectivity index (χ2n) is 4.86. The van der Waals surface area contributed by atoms with Crippen molar-refractivity contribution < 1.29 is 9.90 Å². The second kappa shape index (κ2) is 6.43. The van der Waals surface area contributed by atoms with Gasteiger partial charge in [0, 0.05) is 18.7 Å². The number of carbonyl (C=O) groups excluding carboxylic acids is 1. The van der Waals surface area contributed by atoms with Gasteiger partial charge in [-0.25, -0.2) is 0 Å². The highest BCUT2D eigenvalue weighted by atomic mass is 16.3. The van der Waals surface area contributed by atoms with E-state index in [0.717, 1.165) is 18.5 Å². The van der Waals surface area contributed by atoms with Gasteiger partial charge in [-0.15, -0.1) is 0 Å². The van der Waals surface area contributed by atoms with Gasteiger partial charge >= 0.3 is 0 Å². The summed E-state index contributed by atoms with van der Waals surface area (Å²) in [6, 6.07) is 5.10. The minimum absolute atomic E-state index is 0.00639. The smallest absolute Gasteiger partial charge is 0.253 e. The van der Waals surface area contributed by atoms with Gasteiger partial charge in [0.1, 0.15) is 5.75 Å². The summed E-state index contributed by atoms with van der Waals surface area (Å²) in [5.41, 5.74) is 1.35. The van der Waals surface area contributed by atoms with E-state index < -0.39 is 0 Å². The van der Waals surface area contributed by atoms with Crippen LogP contribution in [-0.2, 0) is 0 Å². The van der Waals surface area contributed by atoms with E-state index in [1.54, 1.807) is 18.2 Å². The third-order valence-corrected chi connectivity index (χ3v) is 3.35. The maximum Gasteiger partial charge on any atom is 0.253 e. The first-order chi connectivity index (χ1) is 8.49. The van der Waals surface area contributed by atoms with Gasteiger partial charge in [-0.05, 0) is 37.5 Å². The molecule has 0 saturated carbocycles. The van der Waals surface area contributed by atoms with Crippen LogP contribution < -0.4 is 0 Å². The van der Waals surface area contributed by atoms with Gasteiger partial charge in [0.25, 0.3) is 5.91 Å². The molecule has 1 rings (SSSR count). The number of aromatic hydroxyl groups is 1. The zero-order valence-electron chi connectivity index (χ0n) is 11.7. The average Bonchev–Trinajstić information content (AvgIpc) is 2.38. The number of benzene rings is 1. The highest BCUT2D eigenvalue weighted by Gasteiger charge is 2.16. The molecule has 0 bridgehead atoms. The molecular weight excluding hydrogens is 226 g/mol. The molecule has 1 N–H and O–H groups in total. The fourth-order valence-electron chi connectivity index (χ4n) is 1.79. The molecule has 0 heterocycles. The van der Waals surface area contributed by atoms with Crippen molar-refractivity contribution in [3.05, 3.63) is 29.3 Å². The standard InChI is InChI=1S/C15H23NO2/c1-5-11(3)10-16(6-2)15(18)13-8-7-12(4)14(17)9-13/h7-9,11,17H,5-6,10H2,1-4H3. The largest absolute Gasteiger partial charge is 0.508 e. The number of nitrogens with zero attached hydrogens (tertiary/aromatic N) is 1. The summed E-state index contributed by atoms with van der Waals surface area (Å²) in [6.45, 7) is 9.52. The van der Waals surface area contributed by atoms with Gasteiger partial charge in [0.15, 0.2) is 0 Å². The lowest BCUT2D eigenvalue weighted by molar-refractivity contribution is 0.0740. The minimum atomic E-state index is -0.00639. The van der Waals surface area contributed by atoms with E-state index in [1.807, 2.05) is 18.7 Å². The lowest BCUT2D eigenvalue weighted by atomic mass is 10.1. The minimum Gasteiger partial charge on any atom is -0.508 e. The van der Waals surface area contributed by atoms with Crippen molar-refractivity contribution in [2.75, 3.05) is 13.1 Å². The second-order valence-corrected chi connectivity index (χ2v) is 4.86. The highest BCUT2D eigenvalue weighted by molar-refractivity contribution is 5.94. The van der Waals surface area contributed by atoms with Crippen LogP contribution >= 0.6 is 0 Å². The van der Waals surface area contributed by atoms with Crippen LogP contribution in [0.2, 0.25) is 0 Å². The van der Waals surface area contributed by atoms with Crippen LogP contribution in [0.15, 0.2) is 18.2 Å². The van der Waals surface area contributed by atoms with E-state index in [4.69, 9.17) is 0 Å². The predicted molar refractivity (Wildman–Crippen MR) is 73.9 cm³/mol. The van der Waals surface area contributed by atoms with Gasteiger partial charge in [-0.2, -0.15) is 0 Å². The molecule has 0 fully saturated rings. The molecule has 1 amide bonds. The van der Waals surface area contributed by atoms with E-state index in [2.05, 4.69) is 13.8 Å². The number of aryl methyl sites for hydroxylation is 1. The molecular formula is C15H23NO2. The van der Waals surface area contributed by atoms with Gasteiger partial charge in [-0.3, -0.25) is 4.79 Å². The normalized spacial score (nSPS) is 12.2. The van der Waals surface area contributed by atoms with Gasteiger partial charge in [0.05, 0.1) is 0 Å². The number of hydrogen-bond donors (Lipinski definition) is 1. The summed E-state index contributed by atoms with van der Waals surface area (Å²) in [6.07, 6.45) is 1.06. The molecule has 1 unspecified atom stereocenters. The molecule has 0 aliphatic heterocycles. The van der Waals surface area contributed by atoms with Crippen molar-refractivity contribution in [2.24, 2.45) is 5.92 Å². The van der Waals surface area contributed by atoms with Crippen LogP contribution in [0, 0.1) is 12.8 Å². The molecule has 0 aliphatic rings. The highest BCUT2D eigenvalue weighted by Crippen LogP contribution is 2.19. The van der Waals surface area contributed by atoms with Crippen molar-refractivity contribution in [1.29, 1.82) is 0 Å². The first kappa shape index (κ1) is 14.6. The van der Waals surface area contributed by atoms with Gasteiger partial charge in [-0.1, -0.05) is 26.3 Å². The predicted octanol–water partition coefficient (Wildman–Crippen LogP) is 3.21. The molecule has 3 heteroatoms. The molecule has 1 atom stereocenters. The number of rotatable bonds is 5. The van der Waals surface area contributed by atoms with E-state index >= 15 is 0 Å². The molecule has 0 aliphatic carbocycles. The van der Waals surface area contributed by atoms with Crippen molar-refractivity contribution in [3.8, 4) is 5.75 Å². The Balaban J connectivity index is 2.86. The average molecular weight is 249 g/mol. The molecule has 0 aromatic heterocycles. The fourth-order valence-corrected chi connectivity index (χ4v) is 1.79. The lowest BCUT2D eigenvalue weighted by Crippen LogP contribution is -2.34. The third kappa shape index (κ3) is 3.49. The summed E-state index contributed by atoms with van der Waals surface area (Å²) < 4.78 is 0. The molecule has 100 valence electrons. The van der Waals surface area contributed by atoms with Crippen LogP contribution in [-0.4, -0.2) is 29.0 Å². The first-order valence-corrected chi connectivity index (χ1v) is 6.58. The summed E-state index contributed by atoms with van der Waals surface area (Å²) in [5.74, 6) is 0.668. The molecule has 0 spiro atoms. The fraction of sp³-hybridized carbons (Fsp3) is 0.533. The lowest BCUT2D eigenvalue weighted by Gasteiger charge is -2.24. The molecule has 3 nitrogen and oxygen atoms in total. The first-order valence-electron chi connectivity index (χ1n) is 6.58. The Morgan fingerprint density at radius 1 is 1.39 bits per heavy atom. The van der Waals surface area contributed by atoms with Gasteiger partial charge < -0.3 is 10.0 Å². The van der Waals surface area contributed by atoms with Gasteiger partial charge in [0.2, 0.25) is 0 Å². The number of carbonyl (C=O) groups is 1. The Morgan fingerprint density at radius 3 is 2.56 bits per heavy atom. The maximum atomic E-state index is 12.3. The monoisotopic (exact) mass is 249 g/mol. The van der Waals surface area contributed by atoms with E-state index in [9.17, 15) is 9.90 Å². The number of phenols is 1. The van der Waals surface area contributed by atoms with Crippen LogP contribution in [0.25, 0.3) is 0 Å². The molecule has 18 heavy (non-hydrogen) atoms. The van der Waals surface area contributed by atoms with E-state index in [-0.39, 0.29) is 11.7 Å². The number of amides is 1. The van der Waals surface area contributed by atoms with Crippen LogP contribution in [0.3, 0.4) is 0 Å². The summed E-state index contributed by atoms with van der Waals surface area (Å²) in [5, 5.41) is 9.66. The zero-order valence-corrected chi connectivity index (χ0v) is 11.7.